The van der Waals surface area contributed by atoms with Gasteiger partial charge >= 0.3 is 0 Å². The lowest BCUT2D eigenvalue weighted by molar-refractivity contribution is -0.934. The molecule has 1 fully saturated rings. The summed E-state index contributed by atoms with van der Waals surface area (Å²) >= 11 is 0. The van der Waals surface area contributed by atoms with Gasteiger partial charge in [-0.2, -0.15) is 0 Å². The Morgan fingerprint density at radius 2 is 2.03 bits per heavy atom. The summed E-state index contributed by atoms with van der Waals surface area (Å²) in [5.41, 5.74) is 3.65. The maximum atomic E-state index is 13.4. The number of aromatic amines is 1. The van der Waals surface area contributed by atoms with E-state index in [0.717, 1.165) is 59.3 Å². The van der Waals surface area contributed by atoms with Gasteiger partial charge in [0.05, 0.1) is 29.7 Å². The highest BCUT2D eigenvalue weighted by molar-refractivity contribution is 5.85. The molecule has 1 aliphatic rings. The maximum absolute atomic E-state index is 13.4. The molecule has 7 heteroatoms. The van der Waals surface area contributed by atoms with E-state index in [1.165, 1.54) is 11.3 Å². The van der Waals surface area contributed by atoms with Gasteiger partial charge < -0.3 is 9.88 Å². The topological polar surface area (TPSA) is 80.9 Å². The zero-order chi connectivity index (χ0) is 22.3. The molecule has 4 rings (SSSR count). The Kier molecular flexibility index (Phi) is 5.73. The van der Waals surface area contributed by atoms with Crippen LogP contribution in [0.2, 0.25) is 0 Å². The highest BCUT2D eigenvalue weighted by Gasteiger charge is 2.38. The molecular formula is C24H35N6O+. The molecule has 2 aromatic heterocycles. The molecule has 7 nitrogen and oxygen atoms in total. The molecule has 166 valence electrons. The van der Waals surface area contributed by atoms with Gasteiger partial charge in [-0.25, -0.2) is 4.68 Å². The number of hydrogen-bond donors (Lipinski definition) is 2. The lowest BCUT2D eigenvalue weighted by Crippen LogP contribution is -3.14. The van der Waals surface area contributed by atoms with Crippen LogP contribution in [0.4, 0.5) is 0 Å². The number of nitrogens with one attached hydrogen (secondary N) is 2. The van der Waals surface area contributed by atoms with Gasteiger partial charge in [-0.3, -0.25) is 4.79 Å². The molecule has 3 atom stereocenters. The molecule has 0 spiro atoms. The van der Waals surface area contributed by atoms with Crippen LogP contribution in [0.1, 0.15) is 75.5 Å². The summed E-state index contributed by atoms with van der Waals surface area (Å²) in [6.07, 6.45) is 3.28. The minimum Gasteiger partial charge on any atom is -0.322 e. The first-order valence-electron chi connectivity index (χ1n) is 11.5. The number of likely N-dealkylation sites (tertiary alicyclic amines) is 1. The van der Waals surface area contributed by atoms with Crippen molar-refractivity contribution in [1.82, 2.24) is 25.2 Å². The van der Waals surface area contributed by atoms with Crippen LogP contribution in [-0.4, -0.2) is 38.3 Å². The molecule has 0 radical (unpaired) electrons. The molecule has 31 heavy (non-hydrogen) atoms. The Morgan fingerprint density at radius 3 is 2.74 bits per heavy atom. The second kappa shape index (κ2) is 8.19. The Bertz CT molecular complexity index is 1140. The molecule has 0 aliphatic carbocycles. The molecule has 1 unspecified atom stereocenters. The minimum absolute atomic E-state index is 0.0409. The van der Waals surface area contributed by atoms with Crippen molar-refractivity contribution in [3.63, 3.8) is 0 Å². The van der Waals surface area contributed by atoms with E-state index < -0.39 is 0 Å². The summed E-state index contributed by atoms with van der Waals surface area (Å²) in [5, 5.41) is 14.0. The summed E-state index contributed by atoms with van der Waals surface area (Å²) in [6, 6.07) is 6.07. The van der Waals surface area contributed by atoms with Gasteiger partial charge in [0, 0.05) is 11.3 Å². The van der Waals surface area contributed by atoms with E-state index in [1.807, 2.05) is 11.6 Å². The third-order valence-electron chi connectivity index (χ3n) is 7.19. The normalized spacial score (nSPS) is 20.8. The van der Waals surface area contributed by atoms with Crippen LogP contribution in [-0.2, 0) is 5.54 Å². The largest absolute Gasteiger partial charge is 0.322 e. The Hall–Kier alpha value is -2.54. The van der Waals surface area contributed by atoms with Crippen molar-refractivity contribution >= 4 is 10.9 Å². The van der Waals surface area contributed by atoms with E-state index in [4.69, 9.17) is 0 Å². The SMILES string of the molecule is CCC(C)(C)n1nnnc1[C@H](c1cc2c(C)ccc(C)c2[nH]c1=O)[NH+]1CCC[C@H](C)C1. The number of fused-ring (bicyclic) bond motifs is 1. The van der Waals surface area contributed by atoms with Crippen LogP contribution in [0.25, 0.3) is 10.9 Å². The van der Waals surface area contributed by atoms with Crippen molar-refractivity contribution in [3.05, 3.63) is 51.1 Å². The third-order valence-corrected chi connectivity index (χ3v) is 7.19. The van der Waals surface area contributed by atoms with Gasteiger partial charge in [0.1, 0.15) is 0 Å². The fraction of sp³-hybridized carbons (Fsp3) is 0.583. The number of hydrogen-bond acceptors (Lipinski definition) is 4. The van der Waals surface area contributed by atoms with Crippen LogP contribution in [0.15, 0.2) is 23.0 Å². The van der Waals surface area contributed by atoms with Crippen molar-refractivity contribution < 1.29 is 4.90 Å². The lowest BCUT2D eigenvalue weighted by atomic mass is 9.94. The number of tetrazole rings is 1. The molecule has 1 aromatic carbocycles. The summed E-state index contributed by atoms with van der Waals surface area (Å²) in [5.74, 6) is 1.39. The predicted molar refractivity (Wildman–Crippen MR) is 122 cm³/mol. The molecule has 0 bridgehead atoms. The maximum Gasteiger partial charge on any atom is 0.258 e. The van der Waals surface area contributed by atoms with Crippen molar-refractivity contribution in [3.8, 4) is 0 Å². The van der Waals surface area contributed by atoms with E-state index in [0.29, 0.717) is 5.92 Å². The Morgan fingerprint density at radius 1 is 1.29 bits per heavy atom. The minimum atomic E-state index is -0.228. The van der Waals surface area contributed by atoms with Gasteiger partial charge in [-0.1, -0.05) is 26.0 Å². The molecule has 2 N–H and O–H groups in total. The molecule has 3 heterocycles. The highest BCUT2D eigenvalue weighted by Crippen LogP contribution is 2.27. The second-order valence-corrected chi connectivity index (χ2v) is 9.95. The van der Waals surface area contributed by atoms with E-state index in [9.17, 15) is 4.79 Å². The molecule has 0 amide bonds. The molecule has 0 saturated carbocycles. The van der Waals surface area contributed by atoms with Gasteiger partial charge in [0.15, 0.2) is 6.04 Å². The number of piperidine rings is 1. The monoisotopic (exact) mass is 423 g/mol. The van der Waals surface area contributed by atoms with Crippen LogP contribution >= 0.6 is 0 Å². The number of aromatic nitrogens is 5. The summed E-state index contributed by atoms with van der Waals surface area (Å²) < 4.78 is 1.94. The number of nitrogens with zero attached hydrogens (tertiary/aromatic N) is 4. The second-order valence-electron chi connectivity index (χ2n) is 9.95. The van der Waals surface area contributed by atoms with Crippen molar-refractivity contribution in [2.45, 2.75) is 72.4 Å². The zero-order valence-electron chi connectivity index (χ0n) is 19.6. The average Bonchev–Trinajstić information content (AvgIpc) is 3.22. The predicted octanol–water partition coefficient (Wildman–Crippen LogP) is 2.68. The van der Waals surface area contributed by atoms with Crippen molar-refractivity contribution in [1.29, 1.82) is 0 Å². The molecular weight excluding hydrogens is 388 g/mol. The molecule has 3 aromatic rings. The first-order valence-corrected chi connectivity index (χ1v) is 11.5. The summed E-state index contributed by atoms with van der Waals surface area (Å²) in [7, 11) is 0. The number of rotatable bonds is 5. The van der Waals surface area contributed by atoms with Gasteiger partial charge in [-0.15, -0.1) is 5.10 Å². The van der Waals surface area contributed by atoms with Crippen LogP contribution < -0.4 is 10.5 Å². The fourth-order valence-electron chi connectivity index (χ4n) is 4.89. The van der Waals surface area contributed by atoms with Gasteiger partial charge in [0.25, 0.3) is 5.56 Å². The quantitative estimate of drug-likeness (QED) is 0.661. The van der Waals surface area contributed by atoms with Crippen molar-refractivity contribution in [2.24, 2.45) is 5.92 Å². The number of pyridine rings is 1. The Balaban J connectivity index is 1.95. The van der Waals surface area contributed by atoms with Crippen LogP contribution in [0.3, 0.4) is 0 Å². The lowest BCUT2D eigenvalue weighted by Gasteiger charge is -2.35. The average molecular weight is 424 g/mol. The highest BCUT2D eigenvalue weighted by atomic mass is 16.1. The first-order chi connectivity index (χ1) is 14.7. The number of aryl methyl sites for hydroxylation is 2. The van der Waals surface area contributed by atoms with E-state index in [2.05, 4.69) is 73.3 Å². The molecule has 1 aliphatic heterocycles. The van der Waals surface area contributed by atoms with Gasteiger partial charge in [0.2, 0.25) is 5.82 Å². The van der Waals surface area contributed by atoms with Crippen LogP contribution in [0.5, 0.6) is 0 Å². The smallest absolute Gasteiger partial charge is 0.258 e. The van der Waals surface area contributed by atoms with E-state index >= 15 is 0 Å². The van der Waals surface area contributed by atoms with E-state index in [-0.39, 0.29) is 17.1 Å². The van der Waals surface area contributed by atoms with E-state index in [1.54, 1.807) is 0 Å². The molecule has 1 saturated heterocycles. The Labute approximate surface area is 183 Å². The summed E-state index contributed by atoms with van der Waals surface area (Å²) in [4.78, 5) is 18.0. The zero-order valence-corrected chi connectivity index (χ0v) is 19.6. The van der Waals surface area contributed by atoms with Crippen LogP contribution in [0, 0.1) is 19.8 Å². The third kappa shape index (κ3) is 3.91. The standard InChI is InChI=1S/C24H34N6O/c1-7-24(5,6)30-22(26-27-28-30)21(29-12-8-9-15(2)14-29)19-13-18-16(3)10-11-17(4)20(18)25-23(19)31/h10-11,13,15,21H,7-9,12,14H2,1-6H3,(H,25,31)/p+1/t15-,21-/m0/s1. The van der Waals surface area contributed by atoms with Gasteiger partial charge in [-0.05, 0) is 74.6 Å². The number of H-pyrrole nitrogens is 1. The number of benzene rings is 1. The van der Waals surface area contributed by atoms with Crippen molar-refractivity contribution in [2.75, 3.05) is 13.1 Å². The summed E-state index contributed by atoms with van der Waals surface area (Å²) in [6.45, 7) is 14.9. The fourth-order valence-corrected chi connectivity index (χ4v) is 4.89. The first kappa shape index (κ1) is 21.7. The number of quaternary nitrogens is 1.